The minimum atomic E-state index is -0.198. The van der Waals surface area contributed by atoms with Crippen molar-refractivity contribution in [3.63, 3.8) is 0 Å². The Balaban J connectivity index is 1.37. The van der Waals surface area contributed by atoms with Gasteiger partial charge < -0.3 is 19.7 Å². The first-order valence-electron chi connectivity index (χ1n) is 10.3. The van der Waals surface area contributed by atoms with Gasteiger partial charge >= 0.3 is 0 Å². The molecular weight excluding hydrogens is 396 g/mol. The van der Waals surface area contributed by atoms with Gasteiger partial charge in [-0.05, 0) is 66.7 Å². The third-order valence-corrected chi connectivity index (χ3v) is 5.02. The van der Waals surface area contributed by atoms with Gasteiger partial charge in [-0.1, -0.05) is 6.07 Å². The Labute approximate surface area is 181 Å². The largest absolute Gasteiger partial charge is 0.486 e. The highest BCUT2D eigenvalue weighted by molar-refractivity contribution is 6.04. The molecule has 1 aromatic heterocycles. The number of nitrogens with one attached hydrogen (secondary N) is 1. The lowest BCUT2D eigenvalue weighted by Gasteiger charge is -2.28. The van der Waals surface area contributed by atoms with Gasteiger partial charge in [-0.25, -0.2) is 4.68 Å². The molecule has 0 aliphatic carbocycles. The van der Waals surface area contributed by atoms with Crippen LogP contribution in [0.2, 0.25) is 0 Å². The fraction of sp³-hybridized carbons (Fsp3) is 0.364. The molecule has 9 heteroatoms. The maximum absolute atomic E-state index is 12.7. The van der Waals surface area contributed by atoms with Crippen LogP contribution in [0.1, 0.15) is 36.1 Å². The number of tetrazole rings is 1. The summed E-state index contributed by atoms with van der Waals surface area (Å²) in [5.74, 6) is 1.01. The van der Waals surface area contributed by atoms with E-state index in [2.05, 4.69) is 25.7 Å². The number of amides is 1. The van der Waals surface area contributed by atoms with Crippen molar-refractivity contribution in [3.8, 4) is 5.75 Å². The van der Waals surface area contributed by atoms with Crippen LogP contribution in [0.5, 0.6) is 5.75 Å². The molecule has 1 fully saturated rings. The summed E-state index contributed by atoms with van der Waals surface area (Å²) < 4.78 is 12.9. The van der Waals surface area contributed by atoms with Crippen molar-refractivity contribution >= 4 is 17.3 Å². The Kier molecular flexibility index (Phi) is 6.42. The Morgan fingerprint density at radius 1 is 1.16 bits per heavy atom. The van der Waals surface area contributed by atoms with Gasteiger partial charge in [0, 0.05) is 30.0 Å². The summed E-state index contributed by atoms with van der Waals surface area (Å²) in [5.41, 5.74) is 2.38. The van der Waals surface area contributed by atoms with Gasteiger partial charge in [0.2, 0.25) is 0 Å². The highest BCUT2D eigenvalue weighted by Gasteiger charge is 2.13. The summed E-state index contributed by atoms with van der Waals surface area (Å²) in [4.78, 5) is 15.0. The van der Waals surface area contributed by atoms with E-state index in [1.54, 1.807) is 28.9 Å². The number of hydrogen-bond donors (Lipinski definition) is 1. The van der Waals surface area contributed by atoms with E-state index in [0.29, 0.717) is 17.1 Å². The van der Waals surface area contributed by atoms with Gasteiger partial charge in [0.05, 0.1) is 19.3 Å². The predicted octanol–water partition coefficient (Wildman–Crippen LogP) is 2.92. The Morgan fingerprint density at radius 2 is 1.94 bits per heavy atom. The van der Waals surface area contributed by atoms with Crippen molar-refractivity contribution in [1.29, 1.82) is 0 Å². The monoisotopic (exact) mass is 422 g/mol. The van der Waals surface area contributed by atoms with Crippen LogP contribution in [0, 0.1) is 0 Å². The highest BCUT2D eigenvalue weighted by Crippen LogP contribution is 2.21. The molecule has 3 aromatic rings. The van der Waals surface area contributed by atoms with Crippen LogP contribution in [0.25, 0.3) is 0 Å². The second-order valence-corrected chi connectivity index (χ2v) is 7.55. The van der Waals surface area contributed by atoms with Gasteiger partial charge in [0.1, 0.15) is 12.4 Å². The number of carbonyl (C=O) groups is 1. The third-order valence-electron chi connectivity index (χ3n) is 5.02. The minimum absolute atomic E-state index is 0.139. The smallest absolute Gasteiger partial charge is 0.255 e. The maximum atomic E-state index is 12.7. The molecule has 2 aromatic carbocycles. The second kappa shape index (κ2) is 9.57. The van der Waals surface area contributed by atoms with Crippen molar-refractivity contribution in [2.24, 2.45) is 0 Å². The van der Waals surface area contributed by atoms with Crippen LogP contribution in [0.3, 0.4) is 0 Å². The molecule has 31 heavy (non-hydrogen) atoms. The number of morpholine rings is 1. The van der Waals surface area contributed by atoms with Gasteiger partial charge in [-0.15, -0.1) is 5.10 Å². The zero-order valence-electron chi connectivity index (χ0n) is 17.7. The quantitative estimate of drug-likeness (QED) is 0.626. The van der Waals surface area contributed by atoms with Crippen LogP contribution >= 0.6 is 0 Å². The average Bonchev–Trinajstić information content (AvgIpc) is 3.28. The van der Waals surface area contributed by atoms with Crippen molar-refractivity contribution in [2.75, 3.05) is 36.5 Å². The van der Waals surface area contributed by atoms with Gasteiger partial charge in [-0.3, -0.25) is 4.79 Å². The summed E-state index contributed by atoms with van der Waals surface area (Å²) in [6.45, 7) is 7.45. The molecule has 162 valence electrons. The Hall–Kier alpha value is -3.46. The SMILES string of the molecule is CC(C)n1nnnc1COc1cccc(C(=O)Nc2ccc(N3CCOCC3)cc2)c1. The summed E-state index contributed by atoms with van der Waals surface area (Å²) in [6, 6.07) is 15.0. The molecule has 1 saturated heterocycles. The molecule has 0 spiro atoms. The normalized spacial score (nSPS) is 14.0. The fourth-order valence-corrected chi connectivity index (χ4v) is 3.36. The molecule has 1 aliphatic rings. The summed E-state index contributed by atoms with van der Waals surface area (Å²) >= 11 is 0. The molecule has 4 rings (SSSR count). The first-order valence-corrected chi connectivity index (χ1v) is 10.3. The van der Waals surface area contributed by atoms with E-state index in [1.807, 2.05) is 38.1 Å². The topological polar surface area (TPSA) is 94.4 Å². The van der Waals surface area contributed by atoms with Gasteiger partial charge in [-0.2, -0.15) is 0 Å². The molecule has 0 atom stereocenters. The number of hydrogen-bond acceptors (Lipinski definition) is 7. The maximum Gasteiger partial charge on any atom is 0.255 e. The Morgan fingerprint density at radius 3 is 2.68 bits per heavy atom. The average molecular weight is 422 g/mol. The number of anilines is 2. The summed E-state index contributed by atoms with van der Waals surface area (Å²) in [7, 11) is 0. The number of ether oxygens (including phenoxy) is 2. The lowest BCUT2D eigenvalue weighted by atomic mass is 10.2. The fourth-order valence-electron chi connectivity index (χ4n) is 3.36. The number of rotatable bonds is 7. The van der Waals surface area contributed by atoms with Crippen LogP contribution < -0.4 is 15.0 Å². The minimum Gasteiger partial charge on any atom is -0.486 e. The van der Waals surface area contributed by atoms with Gasteiger partial charge in [0.25, 0.3) is 5.91 Å². The predicted molar refractivity (Wildman–Crippen MR) is 116 cm³/mol. The second-order valence-electron chi connectivity index (χ2n) is 7.55. The van der Waals surface area contributed by atoms with E-state index in [9.17, 15) is 4.79 Å². The van der Waals surface area contributed by atoms with Crippen LogP contribution in [0.4, 0.5) is 11.4 Å². The number of carbonyl (C=O) groups excluding carboxylic acids is 1. The molecule has 1 N–H and O–H groups in total. The molecule has 9 nitrogen and oxygen atoms in total. The van der Waals surface area contributed by atoms with E-state index in [1.165, 1.54) is 0 Å². The molecule has 1 amide bonds. The molecule has 1 aliphatic heterocycles. The lowest BCUT2D eigenvalue weighted by Crippen LogP contribution is -2.36. The summed E-state index contributed by atoms with van der Waals surface area (Å²) in [5, 5.41) is 14.6. The molecule has 0 radical (unpaired) electrons. The van der Waals surface area contributed by atoms with E-state index < -0.39 is 0 Å². The molecule has 2 heterocycles. The van der Waals surface area contributed by atoms with Crippen LogP contribution in [-0.4, -0.2) is 52.4 Å². The van der Waals surface area contributed by atoms with Crippen molar-refractivity contribution < 1.29 is 14.3 Å². The van der Waals surface area contributed by atoms with Crippen LogP contribution in [-0.2, 0) is 11.3 Å². The molecule has 0 unspecified atom stereocenters. The van der Waals surface area contributed by atoms with E-state index >= 15 is 0 Å². The van der Waals surface area contributed by atoms with E-state index in [4.69, 9.17) is 9.47 Å². The number of aromatic nitrogens is 4. The van der Waals surface area contributed by atoms with Gasteiger partial charge in [0.15, 0.2) is 5.82 Å². The van der Waals surface area contributed by atoms with Crippen molar-refractivity contribution in [2.45, 2.75) is 26.5 Å². The zero-order chi connectivity index (χ0) is 21.6. The first kappa shape index (κ1) is 20.8. The first-order chi connectivity index (χ1) is 15.1. The van der Waals surface area contributed by atoms with Crippen LogP contribution in [0.15, 0.2) is 48.5 Å². The molecule has 0 bridgehead atoms. The third kappa shape index (κ3) is 5.18. The lowest BCUT2D eigenvalue weighted by molar-refractivity contribution is 0.102. The molecular formula is C22H26N6O3. The van der Waals surface area contributed by atoms with Crippen molar-refractivity contribution in [1.82, 2.24) is 20.2 Å². The van der Waals surface area contributed by atoms with Crippen molar-refractivity contribution in [3.05, 3.63) is 59.9 Å². The summed E-state index contributed by atoms with van der Waals surface area (Å²) in [6.07, 6.45) is 0. The number of benzene rings is 2. The number of nitrogens with zero attached hydrogens (tertiary/aromatic N) is 5. The standard InChI is InChI=1S/C22H26N6O3/c1-16(2)28-21(24-25-26-28)15-31-20-5-3-4-17(14-20)22(29)23-18-6-8-19(9-7-18)27-10-12-30-13-11-27/h3-9,14,16H,10-13,15H2,1-2H3,(H,23,29). The Bertz CT molecular complexity index is 1010. The van der Waals surface area contributed by atoms with E-state index in [-0.39, 0.29) is 18.6 Å². The van der Waals surface area contributed by atoms with E-state index in [0.717, 1.165) is 37.7 Å². The zero-order valence-corrected chi connectivity index (χ0v) is 17.7. The molecule has 0 saturated carbocycles. The highest BCUT2D eigenvalue weighted by atomic mass is 16.5.